The summed E-state index contributed by atoms with van der Waals surface area (Å²) in [4.78, 5) is 11.8. The molecule has 3 aromatic rings. The van der Waals surface area contributed by atoms with Crippen molar-refractivity contribution < 1.29 is 9.53 Å². The average Bonchev–Trinajstić information content (AvgIpc) is 2.86. The van der Waals surface area contributed by atoms with E-state index in [1.54, 1.807) is 11.3 Å². The van der Waals surface area contributed by atoms with E-state index in [0.717, 1.165) is 15.5 Å². The van der Waals surface area contributed by atoms with Crippen LogP contribution in [0.2, 0.25) is 0 Å². The third kappa shape index (κ3) is 1.51. The van der Waals surface area contributed by atoms with Crippen molar-refractivity contribution in [3.8, 4) is 0 Å². The van der Waals surface area contributed by atoms with Gasteiger partial charge in [-0.3, -0.25) is 0 Å². The Morgan fingerprint density at radius 1 is 1.18 bits per heavy atom. The zero-order valence-electron chi connectivity index (χ0n) is 9.27. The number of hydrogen-bond donors (Lipinski definition) is 0. The molecule has 0 spiro atoms. The second-order valence-corrected chi connectivity index (χ2v) is 4.72. The zero-order valence-corrected chi connectivity index (χ0v) is 10.1. The molecule has 0 amide bonds. The van der Waals surface area contributed by atoms with Gasteiger partial charge in [0.15, 0.2) is 0 Å². The van der Waals surface area contributed by atoms with Gasteiger partial charge >= 0.3 is 5.97 Å². The van der Waals surface area contributed by atoms with Crippen molar-refractivity contribution >= 4 is 38.2 Å². The third-order valence-electron chi connectivity index (χ3n) is 2.87. The van der Waals surface area contributed by atoms with Gasteiger partial charge in [-0.1, -0.05) is 24.3 Å². The standard InChI is InChI=1S/C14H10O2S/c1-16-14(15)12-8-9-4-2-3-5-10(9)11-6-7-17-13(11)12/h2-8H,1H3. The molecule has 0 atom stereocenters. The van der Waals surface area contributed by atoms with Crippen molar-refractivity contribution in [1.82, 2.24) is 0 Å². The highest BCUT2D eigenvalue weighted by atomic mass is 32.1. The number of rotatable bonds is 1. The Bertz CT molecular complexity index is 712. The molecule has 0 saturated heterocycles. The SMILES string of the molecule is COC(=O)c1cc2ccccc2c2ccsc12. The maximum atomic E-state index is 11.8. The Hall–Kier alpha value is -1.87. The zero-order chi connectivity index (χ0) is 11.8. The Kier molecular flexibility index (Phi) is 2.34. The first kappa shape index (κ1) is 10.3. The monoisotopic (exact) mass is 242 g/mol. The van der Waals surface area contributed by atoms with Crippen LogP contribution in [0.5, 0.6) is 0 Å². The van der Waals surface area contributed by atoms with Crippen LogP contribution in [0, 0.1) is 0 Å². The third-order valence-corrected chi connectivity index (χ3v) is 3.81. The Morgan fingerprint density at radius 2 is 2.00 bits per heavy atom. The smallest absolute Gasteiger partial charge is 0.339 e. The van der Waals surface area contributed by atoms with Crippen LogP contribution < -0.4 is 0 Å². The number of thiophene rings is 1. The lowest BCUT2D eigenvalue weighted by Gasteiger charge is -2.05. The molecule has 0 radical (unpaired) electrons. The summed E-state index contributed by atoms with van der Waals surface area (Å²) in [7, 11) is 1.41. The fraction of sp³-hybridized carbons (Fsp3) is 0.0714. The van der Waals surface area contributed by atoms with Gasteiger partial charge in [-0.2, -0.15) is 0 Å². The van der Waals surface area contributed by atoms with E-state index in [4.69, 9.17) is 4.74 Å². The van der Waals surface area contributed by atoms with Gasteiger partial charge in [0.2, 0.25) is 0 Å². The van der Waals surface area contributed by atoms with E-state index >= 15 is 0 Å². The van der Waals surface area contributed by atoms with Crippen LogP contribution in [-0.2, 0) is 4.74 Å². The van der Waals surface area contributed by atoms with Crippen LogP contribution in [0.25, 0.3) is 20.9 Å². The molecule has 0 aliphatic heterocycles. The van der Waals surface area contributed by atoms with Crippen LogP contribution in [0.4, 0.5) is 0 Å². The summed E-state index contributed by atoms with van der Waals surface area (Å²) in [5.41, 5.74) is 0.649. The molecule has 0 bridgehead atoms. The number of fused-ring (bicyclic) bond motifs is 3. The molecule has 0 aliphatic rings. The summed E-state index contributed by atoms with van der Waals surface area (Å²) < 4.78 is 5.83. The number of esters is 1. The number of methoxy groups -OCH3 is 1. The highest BCUT2D eigenvalue weighted by Gasteiger charge is 2.13. The molecule has 1 aromatic heterocycles. The van der Waals surface area contributed by atoms with Gasteiger partial charge < -0.3 is 4.74 Å². The Morgan fingerprint density at radius 3 is 2.82 bits per heavy atom. The molecule has 84 valence electrons. The van der Waals surface area contributed by atoms with Crippen molar-refractivity contribution in [1.29, 1.82) is 0 Å². The van der Waals surface area contributed by atoms with Crippen LogP contribution in [0.3, 0.4) is 0 Å². The molecule has 17 heavy (non-hydrogen) atoms. The van der Waals surface area contributed by atoms with E-state index in [0.29, 0.717) is 5.56 Å². The summed E-state index contributed by atoms with van der Waals surface area (Å²) in [6.45, 7) is 0. The minimum absolute atomic E-state index is 0.275. The van der Waals surface area contributed by atoms with E-state index in [-0.39, 0.29) is 5.97 Å². The highest BCUT2D eigenvalue weighted by molar-refractivity contribution is 7.17. The molecule has 2 nitrogen and oxygen atoms in total. The Labute approximate surface area is 102 Å². The first-order valence-electron chi connectivity index (χ1n) is 5.28. The second kappa shape index (κ2) is 3.86. The predicted octanol–water partition coefficient (Wildman–Crippen LogP) is 3.84. The summed E-state index contributed by atoms with van der Waals surface area (Å²) in [6.07, 6.45) is 0. The molecule has 0 saturated carbocycles. The maximum Gasteiger partial charge on any atom is 0.339 e. The summed E-state index contributed by atoms with van der Waals surface area (Å²) >= 11 is 1.57. The summed E-state index contributed by atoms with van der Waals surface area (Å²) in [5, 5.41) is 5.37. The molecule has 3 heteroatoms. The van der Waals surface area contributed by atoms with Gasteiger partial charge in [-0.15, -0.1) is 11.3 Å². The normalized spacial score (nSPS) is 10.9. The van der Waals surface area contributed by atoms with Crippen molar-refractivity contribution in [3.63, 3.8) is 0 Å². The van der Waals surface area contributed by atoms with Gasteiger partial charge in [0.25, 0.3) is 0 Å². The van der Waals surface area contributed by atoms with Crippen molar-refractivity contribution in [2.45, 2.75) is 0 Å². The highest BCUT2D eigenvalue weighted by Crippen LogP contribution is 2.32. The van der Waals surface area contributed by atoms with Crippen molar-refractivity contribution in [3.05, 3.63) is 47.3 Å². The fourth-order valence-electron chi connectivity index (χ4n) is 2.08. The van der Waals surface area contributed by atoms with Gasteiger partial charge in [-0.05, 0) is 28.3 Å². The molecule has 0 fully saturated rings. The van der Waals surface area contributed by atoms with Gasteiger partial charge in [0.05, 0.1) is 12.7 Å². The second-order valence-electron chi connectivity index (χ2n) is 3.80. The molecule has 1 heterocycles. The average molecular weight is 242 g/mol. The number of carbonyl (C=O) groups is 1. The lowest BCUT2D eigenvalue weighted by Crippen LogP contribution is -2.01. The molecule has 0 unspecified atom stereocenters. The number of carbonyl (C=O) groups excluding carboxylic acids is 1. The Balaban J connectivity index is 2.48. The van der Waals surface area contributed by atoms with Crippen molar-refractivity contribution in [2.75, 3.05) is 7.11 Å². The van der Waals surface area contributed by atoms with E-state index in [1.165, 1.54) is 12.5 Å². The minimum atomic E-state index is -0.275. The topological polar surface area (TPSA) is 26.3 Å². The van der Waals surface area contributed by atoms with Crippen LogP contribution in [0.1, 0.15) is 10.4 Å². The van der Waals surface area contributed by atoms with E-state index in [9.17, 15) is 4.79 Å². The largest absolute Gasteiger partial charge is 0.465 e. The minimum Gasteiger partial charge on any atom is -0.465 e. The fourth-order valence-corrected chi connectivity index (χ4v) is 3.00. The molecular weight excluding hydrogens is 232 g/mol. The lowest BCUT2D eigenvalue weighted by atomic mass is 10.0. The van der Waals surface area contributed by atoms with Crippen LogP contribution in [0.15, 0.2) is 41.8 Å². The quantitative estimate of drug-likeness (QED) is 0.606. The molecule has 3 rings (SSSR count). The molecule has 0 N–H and O–H groups in total. The van der Waals surface area contributed by atoms with Crippen LogP contribution >= 0.6 is 11.3 Å². The first-order valence-corrected chi connectivity index (χ1v) is 6.16. The molecule has 0 aliphatic carbocycles. The number of hydrogen-bond acceptors (Lipinski definition) is 3. The summed E-state index contributed by atoms with van der Waals surface area (Å²) in [6, 6.07) is 12.0. The van der Waals surface area contributed by atoms with Gasteiger partial charge in [0.1, 0.15) is 0 Å². The van der Waals surface area contributed by atoms with E-state index in [1.807, 2.05) is 29.6 Å². The van der Waals surface area contributed by atoms with Crippen LogP contribution in [-0.4, -0.2) is 13.1 Å². The summed E-state index contributed by atoms with van der Waals surface area (Å²) in [5.74, 6) is -0.275. The molecule has 2 aromatic carbocycles. The first-order chi connectivity index (χ1) is 8.31. The number of benzene rings is 2. The van der Waals surface area contributed by atoms with Gasteiger partial charge in [0, 0.05) is 10.1 Å². The lowest BCUT2D eigenvalue weighted by molar-refractivity contribution is 0.0603. The predicted molar refractivity (Wildman–Crippen MR) is 70.7 cm³/mol. The van der Waals surface area contributed by atoms with Crippen molar-refractivity contribution in [2.24, 2.45) is 0 Å². The van der Waals surface area contributed by atoms with E-state index < -0.39 is 0 Å². The molecular formula is C14H10O2S. The van der Waals surface area contributed by atoms with Gasteiger partial charge in [-0.25, -0.2) is 4.79 Å². The number of ether oxygens (including phenoxy) is 1. The maximum absolute atomic E-state index is 11.8. The van der Waals surface area contributed by atoms with E-state index in [2.05, 4.69) is 12.1 Å².